The van der Waals surface area contributed by atoms with Crippen LogP contribution in [0.2, 0.25) is 0 Å². The van der Waals surface area contributed by atoms with Gasteiger partial charge in [-0.15, -0.1) is 0 Å². The quantitative estimate of drug-likeness (QED) is 0.818. The van der Waals surface area contributed by atoms with Crippen LogP contribution >= 0.6 is 0 Å². The summed E-state index contributed by atoms with van der Waals surface area (Å²) in [4.78, 5) is 24.4. The molecule has 0 heterocycles. The third kappa shape index (κ3) is 6.14. The van der Waals surface area contributed by atoms with Crippen LogP contribution in [0.3, 0.4) is 0 Å². The molecular weight excluding hydrogens is 220 g/mol. The number of rotatable bonds is 4. The normalized spacial score (nSPS) is 13.4. The van der Waals surface area contributed by atoms with Gasteiger partial charge in [0.1, 0.15) is 11.6 Å². The van der Waals surface area contributed by atoms with Crippen molar-refractivity contribution in [1.29, 1.82) is 0 Å². The third-order valence-electron chi connectivity index (χ3n) is 2.17. The Morgan fingerprint density at radius 1 is 1.29 bits per heavy atom. The summed E-state index contributed by atoms with van der Waals surface area (Å²) in [7, 11) is 1.53. The van der Waals surface area contributed by atoms with Crippen LogP contribution in [0.5, 0.6) is 0 Å². The first-order valence-corrected chi connectivity index (χ1v) is 5.79. The van der Waals surface area contributed by atoms with E-state index in [0.29, 0.717) is 6.42 Å². The Kier molecular flexibility index (Phi) is 5.45. The standard InChI is InChI=1S/C12H24N2O3/c1-8(2)7-9(10(13)15)14(6)11(16)17-12(3,4)5/h8-9H,7H2,1-6H3,(H2,13,15). The van der Waals surface area contributed by atoms with Gasteiger partial charge in [-0.2, -0.15) is 0 Å². The highest BCUT2D eigenvalue weighted by molar-refractivity contribution is 5.84. The number of nitrogens with two attached hydrogens (primary N) is 1. The van der Waals surface area contributed by atoms with E-state index in [1.54, 1.807) is 20.8 Å². The summed E-state index contributed by atoms with van der Waals surface area (Å²) in [5.41, 5.74) is 4.72. The molecule has 0 aliphatic rings. The van der Waals surface area contributed by atoms with E-state index in [9.17, 15) is 9.59 Å². The van der Waals surface area contributed by atoms with Gasteiger partial charge in [0.2, 0.25) is 5.91 Å². The van der Waals surface area contributed by atoms with Crippen molar-refractivity contribution in [2.24, 2.45) is 11.7 Å². The van der Waals surface area contributed by atoms with Gasteiger partial charge >= 0.3 is 6.09 Å². The highest BCUT2D eigenvalue weighted by Gasteiger charge is 2.29. The number of carbonyl (C=O) groups excluding carboxylic acids is 2. The fourth-order valence-electron chi connectivity index (χ4n) is 1.37. The zero-order valence-corrected chi connectivity index (χ0v) is 11.6. The van der Waals surface area contributed by atoms with Gasteiger partial charge in [-0.05, 0) is 33.1 Å². The number of primary amides is 1. The first-order valence-electron chi connectivity index (χ1n) is 5.79. The van der Waals surface area contributed by atoms with Crippen molar-refractivity contribution in [3.05, 3.63) is 0 Å². The molecule has 0 spiro atoms. The average molecular weight is 244 g/mol. The minimum atomic E-state index is -0.621. The van der Waals surface area contributed by atoms with Crippen molar-refractivity contribution in [3.8, 4) is 0 Å². The van der Waals surface area contributed by atoms with E-state index in [1.807, 2.05) is 13.8 Å². The number of hydrogen-bond donors (Lipinski definition) is 1. The maximum Gasteiger partial charge on any atom is 0.410 e. The molecule has 2 N–H and O–H groups in total. The van der Waals surface area contributed by atoms with Crippen LogP contribution in [-0.4, -0.2) is 35.6 Å². The Morgan fingerprint density at radius 3 is 2.06 bits per heavy atom. The van der Waals surface area contributed by atoms with Gasteiger partial charge in [-0.25, -0.2) is 4.79 Å². The van der Waals surface area contributed by atoms with Crippen molar-refractivity contribution in [1.82, 2.24) is 4.90 Å². The zero-order chi connectivity index (χ0) is 13.8. The molecule has 1 unspecified atom stereocenters. The lowest BCUT2D eigenvalue weighted by Crippen LogP contribution is -2.48. The Morgan fingerprint density at radius 2 is 1.76 bits per heavy atom. The predicted molar refractivity (Wildman–Crippen MR) is 66.4 cm³/mol. The molecule has 0 aromatic heterocycles. The number of carbonyl (C=O) groups is 2. The second-order valence-corrected chi connectivity index (χ2v) is 5.64. The summed E-state index contributed by atoms with van der Waals surface area (Å²) in [6, 6.07) is -0.621. The first kappa shape index (κ1) is 15.7. The molecule has 0 fully saturated rings. The van der Waals surface area contributed by atoms with Crippen molar-refractivity contribution in [2.75, 3.05) is 7.05 Å². The molecule has 5 nitrogen and oxygen atoms in total. The fourth-order valence-corrected chi connectivity index (χ4v) is 1.37. The van der Waals surface area contributed by atoms with Crippen molar-refractivity contribution >= 4 is 12.0 Å². The first-order chi connectivity index (χ1) is 7.54. The van der Waals surface area contributed by atoms with Gasteiger partial charge in [0.05, 0.1) is 0 Å². The molecule has 0 bridgehead atoms. The van der Waals surface area contributed by atoms with Gasteiger partial charge in [0.25, 0.3) is 0 Å². The van der Waals surface area contributed by atoms with E-state index < -0.39 is 23.6 Å². The van der Waals surface area contributed by atoms with Gasteiger partial charge < -0.3 is 10.5 Å². The van der Waals surface area contributed by atoms with Crippen molar-refractivity contribution in [3.63, 3.8) is 0 Å². The molecule has 2 amide bonds. The van der Waals surface area contributed by atoms with Crippen molar-refractivity contribution < 1.29 is 14.3 Å². The lowest BCUT2D eigenvalue weighted by atomic mass is 10.0. The minimum absolute atomic E-state index is 0.275. The summed E-state index contributed by atoms with van der Waals surface area (Å²) in [5.74, 6) is -0.232. The third-order valence-corrected chi connectivity index (χ3v) is 2.17. The molecule has 1 atom stereocenters. The molecule has 0 rings (SSSR count). The summed E-state index contributed by atoms with van der Waals surface area (Å²) in [5, 5.41) is 0. The molecule has 0 saturated heterocycles. The molecule has 0 aliphatic heterocycles. The number of hydrogen-bond acceptors (Lipinski definition) is 3. The number of nitrogens with zero attached hydrogens (tertiary/aromatic N) is 1. The molecule has 100 valence electrons. The van der Waals surface area contributed by atoms with E-state index in [1.165, 1.54) is 11.9 Å². The molecule has 0 saturated carbocycles. The molecule has 0 aliphatic carbocycles. The zero-order valence-electron chi connectivity index (χ0n) is 11.6. The summed E-state index contributed by atoms with van der Waals surface area (Å²) >= 11 is 0. The van der Waals surface area contributed by atoms with Crippen LogP contribution in [0.4, 0.5) is 4.79 Å². The Balaban J connectivity index is 4.67. The summed E-state index contributed by atoms with van der Waals surface area (Å²) in [6.07, 6.45) is 0.00684. The maximum atomic E-state index is 11.8. The SMILES string of the molecule is CC(C)CC(C(N)=O)N(C)C(=O)OC(C)(C)C. The van der Waals surface area contributed by atoms with E-state index in [4.69, 9.17) is 10.5 Å². The van der Waals surface area contributed by atoms with Crippen LogP contribution in [0, 0.1) is 5.92 Å². The van der Waals surface area contributed by atoms with Gasteiger partial charge in [-0.1, -0.05) is 13.8 Å². The number of amides is 2. The molecule has 5 heteroatoms. The van der Waals surface area contributed by atoms with Crippen LogP contribution in [-0.2, 0) is 9.53 Å². The predicted octanol–water partition coefficient (Wildman–Crippen LogP) is 1.75. The van der Waals surface area contributed by atoms with E-state index >= 15 is 0 Å². The monoisotopic (exact) mass is 244 g/mol. The molecule has 0 radical (unpaired) electrons. The molecule has 0 aromatic rings. The smallest absolute Gasteiger partial charge is 0.410 e. The fraction of sp³-hybridized carbons (Fsp3) is 0.833. The van der Waals surface area contributed by atoms with Crippen LogP contribution in [0.1, 0.15) is 41.0 Å². The van der Waals surface area contributed by atoms with Crippen LogP contribution < -0.4 is 5.73 Å². The second-order valence-electron chi connectivity index (χ2n) is 5.64. The lowest BCUT2D eigenvalue weighted by molar-refractivity contribution is -0.123. The maximum absolute atomic E-state index is 11.8. The topological polar surface area (TPSA) is 72.6 Å². The Hall–Kier alpha value is -1.26. The molecule has 0 aromatic carbocycles. The summed E-state index contributed by atoms with van der Waals surface area (Å²) < 4.78 is 5.19. The van der Waals surface area contributed by atoms with Crippen LogP contribution in [0.15, 0.2) is 0 Å². The lowest BCUT2D eigenvalue weighted by Gasteiger charge is -2.29. The van der Waals surface area contributed by atoms with E-state index in [-0.39, 0.29) is 5.92 Å². The largest absolute Gasteiger partial charge is 0.444 e. The Labute approximate surface area is 103 Å². The highest BCUT2D eigenvalue weighted by atomic mass is 16.6. The van der Waals surface area contributed by atoms with E-state index in [2.05, 4.69) is 0 Å². The van der Waals surface area contributed by atoms with Crippen LogP contribution in [0.25, 0.3) is 0 Å². The summed E-state index contributed by atoms with van der Waals surface area (Å²) in [6.45, 7) is 9.28. The number of ether oxygens (including phenoxy) is 1. The van der Waals surface area contributed by atoms with Gasteiger partial charge in [0, 0.05) is 7.05 Å². The number of likely N-dealkylation sites (N-methyl/N-ethyl adjacent to an activating group) is 1. The van der Waals surface area contributed by atoms with Gasteiger partial charge in [0.15, 0.2) is 0 Å². The second kappa shape index (κ2) is 5.89. The average Bonchev–Trinajstić information content (AvgIpc) is 2.09. The molecular formula is C12H24N2O3. The highest BCUT2D eigenvalue weighted by Crippen LogP contribution is 2.14. The van der Waals surface area contributed by atoms with E-state index in [0.717, 1.165) is 0 Å². The molecule has 17 heavy (non-hydrogen) atoms. The van der Waals surface area contributed by atoms with Gasteiger partial charge in [-0.3, -0.25) is 9.69 Å². The van der Waals surface area contributed by atoms with Crippen molar-refractivity contribution in [2.45, 2.75) is 52.7 Å². The Bertz CT molecular complexity index is 282. The minimum Gasteiger partial charge on any atom is -0.444 e.